The lowest BCUT2D eigenvalue weighted by molar-refractivity contribution is 0.0979. The van der Waals surface area contributed by atoms with Crippen molar-refractivity contribution in [3.8, 4) is 0 Å². The molecule has 0 atom stereocenters. The van der Waals surface area contributed by atoms with E-state index < -0.39 is 0 Å². The molecule has 2 aromatic heterocycles. The van der Waals surface area contributed by atoms with E-state index in [1.165, 1.54) is 11.3 Å². The van der Waals surface area contributed by atoms with Crippen LogP contribution in [-0.2, 0) is 6.54 Å². The normalized spacial score (nSPS) is 10.3. The Hall–Kier alpha value is -1.42. The zero-order valence-corrected chi connectivity index (χ0v) is 8.41. The van der Waals surface area contributed by atoms with Crippen LogP contribution >= 0.6 is 11.3 Å². The molecule has 3 nitrogen and oxygen atoms in total. The second-order valence-electron chi connectivity index (χ2n) is 2.92. The van der Waals surface area contributed by atoms with Gasteiger partial charge in [0.25, 0.3) is 0 Å². The molecular formula is C10H10N2OS. The number of carbonyl (C=O) groups is 1. The SMILES string of the molecule is O=C(CCn1cccn1)c1cccs1. The van der Waals surface area contributed by atoms with Gasteiger partial charge in [-0.15, -0.1) is 11.3 Å². The van der Waals surface area contributed by atoms with Gasteiger partial charge in [-0.3, -0.25) is 9.48 Å². The zero-order valence-electron chi connectivity index (χ0n) is 7.59. The second-order valence-corrected chi connectivity index (χ2v) is 3.87. The van der Waals surface area contributed by atoms with Gasteiger partial charge in [0, 0.05) is 25.4 Å². The van der Waals surface area contributed by atoms with Gasteiger partial charge in [-0.2, -0.15) is 5.10 Å². The van der Waals surface area contributed by atoms with E-state index in [0.29, 0.717) is 13.0 Å². The van der Waals surface area contributed by atoms with Crippen LogP contribution in [-0.4, -0.2) is 15.6 Å². The number of nitrogens with zero attached hydrogens (tertiary/aromatic N) is 2. The van der Waals surface area contributed by atoms with E-state index in [9.17, 15) is 4.79 Å². The Balaban J connectivity index is 1.90. The fourth-order valence-electron chi connectivity index (χ4n) is 1.21. The number of hydrogen-bond donors (Lipinski definition) is 0. The number of carbonyl (C=O) groups excluding carboxylic acids is 1. The standard InChI is InChI=1S/C10H10N2OS/c13-9(10-3-1-8-14-10)4-7-12-6-2-5-11-12/h1-3,5-6,8H,4,7H2. The van der Waals surface area contributed by atoms with Crippen LogP contribution in [0.2, 0.25) is 0 Å². The van der Waals surface area contributed by atoms with Gasteiger partial charge in [0.05, 0.1) is 4.88 Å². The molecule has 2 aromatic rings. The molecule has 14 heavy (non-hydrogen) atoms. The highest BCUT2D eigenvalue weighted by Crippen LogP contribution is 2.11. The summed E-state index contributed by atoms with van der Waals surface area (Å²) in [5, 5.41) is 5.96. The maximum atomic E-state index is 11.6. The summed E-state index contributed by atoms with van der Waals surface area (Å²) in [5.41, 5.74) is 0. The lowest BCUT2D eigenvalue weighted by Gasteiger charge is -1.98. The Labute approximate surface area is 86.0 Å². The average molecular weight is 206 g/mol. The summed E-state index contributed by atoms with van der Waals surface area (Å²) < 4.78 is 1.77. The quantitative estimate of drug-likeness (QED) is 0.719. The first-order chi connectivity index (χ1) is 6.86. The predicted octanol–water partition coefficient (Wildman–Crippen LogP) is 2.22. The number of hydrogen-bond acceptors (Lipinski definition) is 3. The second kappa shape index (κ2) is 4.19. The molecule has 0 saturated carbocycles. The first kappa shape index (κ1) is 9.15. The van der Waals surface area contributed by atoms with Crippen molar-refractivity contribution in [2.45, 2.75) is 13.0 Å². The van der Waals surface area contributed by atoms with Crippen LogP contribution in [0.1, 0.15) is 16.1 Å². The van der Waals surface area contributed by atoms with Crippen molar-refractivity contribution >= 4 is 17.1 Å². The van der Waals surface area contributed by atoms with E-state index in [1.807, 2.05) is 29.8 Å². The summed E-state index contributed by atoms with van der Waals surface area (Å²) >= 11 is 1.49. The highest BCUT2D eigenvalue weighted by atomic mass is 32.1. The lowest BCUT2D eigenvalue weighted by Crippen LogP contribution is -2.04. The largest absolute Gasteiger partial charge is 0.293 e. The fourth-order valence-corrected chi connectivity index (χ4v) is 1.90. The molecule has 0 aliphatic heterocycles. The van der Waals surface area contributed by atoms with E-state index in [4.69, 9.17) is 0 Å². The van der Waals surface area contributed by atoms with Gasteiger partial charge >= 0.3 is 0 Å². The summed E-state index contributed by atoms with van der Waals surface area (Å²) in [4.78, 5) is 12.4. The highest BCUT2D eigenvalue weighted by molar-refractivity contribution is 7.12. The van der Waals surface area contributed by atoms with Crippen LogP contribution in [0.15, 0.2) is 36.0 Å². The number of aryl methyl sites for hydroxylation is 1. The van der Waals surface area contributed by atoms with Crippen molar-refractivity contribution in [1.82, 2.24) is 9.78 Å². The Morgan fingerprint density at radius 1 is 1.50 bits per heavy atom. The first-order valence-corrected chi connectivity index (χ1v) is 5.28. The molecule has 0 bridgehead atoms. The van der Waals surface area contributed by atoms with Crippen LogP contribution in [0.25, 0.3) is 0 Å². The predicted molar refractivity (Wildman–Crippen MR) is 55.5 cm³/mol. The molecule has 2 heterocycles. The Morgan fingerprint density at radius 2 is 2.43 bits per heavy atom. The number of ketones is 1. The highest BCUT2D eigenvalue weighted by Gasteiger charge is 2.06. The zero-order chi connectivity index (χ0) is 9.80. The van der Waals surface area contributed by atoms with Crippen molar-refractivity contribution < 1.29 is 4.79 Å². The van der Waals surface area contributed by atoms with Gasteiger partial charge in [-0.05, 0) is 17.5 Å². The van der Waals surface area contributed by atoms with Crippen molar-refractivity contribution in [3.05, 3.63) is 40.8 Å². The van der Waals surface area contributed by atoms with E-state index in [-0.39, 0.29) is 5.78 Å². The molecule has 72 valence electrons. The minimum Gasteiger partial charge on any atom is -0.293 e. The Kier molecular flexibility index (Phi) is 2.74. The molecule has 0 aliphatic carbocycles. The van der Waals surface area contributed by atoms with E-state index in [1.54, 1.807) is 10.9 Å². The number of Topliss-reactive ketones (excluding diaryl/α,β-unsaturated/α-hetero) is 1. The van der Waals surface area contributed by atoms with Crippen LogP contribution < -0.4 is 0 Å². The molecular weight excluding hydrogens is 196 g/mol. The van der Waals surface area contributed by atoms with Crippen LogP contribution in [0.4, 0.5) is 0 Å². The summed E-state index contributed by atoms with van der Waals surface area (Å²) in [5.74, 6) is 0.190. The molecule has 0 spiro atoms. The van der Waals surface area contributed by atoms with E-state index in [0.717, 1.165) is 4.88 Å². The maximum absolute atomic E-state index is 11.6. The summed E-state index contributed by atoms with van der Waals surface area (Å²) in [6.07, 6.45) is 4.10. The molecule has 0 amide bonds. The molecule has 0 unspecified atom stereocenters. The third-order valence-electron chi connectivity index (χ3n) is 1.92. The number of thiophene rings is 1. The van der Waals surface area contributed by atoms with Gasteiger partial charge in [0.15, 0.2) is 5.78 Å². The van der Waals surface area contributed by atoms with Gasteiger partial charge in [-0.25, -0.2) is 0 Å². The molecule has 0 N–H and O–H groups in total. The summed E-state index contributed by atoms with van der Waals surface area (Å²) in [6, 6.07) is 5.61. The van der Waals surface area contributed by atoms with E-state index >= 15 is 0 Å². The fraction of sp³-hybridized carbons (Fsp3) is 0.200. The van der Waals surface area contributed by atoms with Crippen LogP contribution in [0, 0.1) is 0 Å². The smallest absolute Gasteiger partial charge is 0.174 e. The van der Waals surface area contributed by atoms with Crippen molar-refractivity contribution in [2.24, 2.45) is 0 Å². The molecule has 0 aliphatic rings. The lowest BCUT2D eigenvalue weighted by atomic mass is 10.2. The average Bonchev–Trinajstić information content (AvgIpc) is 2.87. The van der Waals surface area contributed by atoms with Crippen molar-refractivity contribution in [1.29, 1.82) is 0 Å². The van der Waals surface area contributed by atoms with Gasteiger partial charge in [0.1, 0.15) is 0 Å². The minimum absolute atomic E-state index is 0.190. The monoisotopic (exact) mass is 206 g/mol. The molecule has 0 aromatic carbocycles. The van der Waals surface area contributed by atoms with Gasteiger partial charge in [-0.1, -0.05) is 6.07 Å². The molecule has 0 radical (unpaired) electrons. The van der Waals surface area contributed by atoms with E-state index in [2.05, 4.69) is 5.10 Å². The van der Waals surface area contributed by atoms with Crippen molar-refractivity contribution in [3.63, 3.8) is 0 Å². The molecule has 0 fully saturated rings. The molecule has 2 rings (SSSR count). The summed E-state index contributed by atoms with van der Waals surface area (Å²) in [6.45, 7) is 0.656. The third-order valence-corrected chi connectivity index (χ3v) is 2.83. The topological polar surface area (TPSA) is 34.9 Å². The minimum atomic E-state index is 0.190. The van der Waals surface area contributed by atoms with Crippen LogP contribution in [0.3, 0.4) is 0 Å². The first-order valence-electron chi connectivity index (χ1n) is 4.40. The third kappa shape index (κ3) is 2.09. The van der Waals surface area contributed by atoms with Crippen LogP contribution in [0.5, 0.6) is 0 Å². The van der Waals surface area contributed by atoms with Crippen molar-refractivity contribution in [2.75, 3.05) is 0 Å². The number of aromatic nitrogens is 2. The number of rotatable bonds is 4. The van der Waals surface area contributed by atoms with Gasteiger partial charge < -0.3 is 0 Å². The Morgan fingerprint density at radius 3 is 3.07 bits per heavy atom. The molecule has 4 heteroatoms. The summed E-state index contributed by atoms with van der Waals surface area (Å²) in [7, 11) is 0. The Bertz CT molecular complexity index is 392. The molecule has 0 saturated heterocycles. The maximum Gasteiger partial charge on any atom is 0.174 e. The van der Waals surface area contributed by atoms with Gasteiger partial charge in [0.2, 0.25) is 0 Å².